The number of hydrogen-bond donors (Lipinski definition) is 2. The van der Waals surface area contributed by atoms with Crippen LogP contribution >= 0.6 is 0 Å². The van der Waals surface area contributed by atoms with Crippen LogP contribution in [0.2, 0.25) is 0 Å². The molecule has 1 fully saturated rings. The predicted molar refractivity (Wildman–Crippen MR) is 130 cm³/mol. The Kier molecular flexibility index (Phi) is 6.30. The van der Waals surface area contributed by atoms with E-state index in [0.717, 1.165) is 13.1 Å². The highest BCUT2D eigenvalue weighted by molar-refractivity contribution is 7.89. The van der Waals surface area contributed by atoms with Gasteiger partial charge in [-0.15, -0.1) is 0 Å². The molecule has 1 aliphatic heterocycles. The Hall–Kier alpha value is -2.76. The van der Waals surface area contributed by atoms with Gasteiger partial charge < -0.3 is 14.6 Å². The molecule has 0 aliphatic carbocycles. The number of aromatic nitrogens is 4. The maximum Gasteiger partial charge on any atom is 0.277 e. The Labute approximate surface area is 199 Å². The zero-order chi connectivity index (χ0) is 24.8. The standard InChI is InChI=1S/C23H32N6O4S/c1-7-33-17-9-8-15(34(31,32)29-12-10-27(5)11-13-29)14-16(17)21-24-18-19(22(30)25-21)28(6)26-20(18)23(2,3)4/h8-9,14H,7,10-13H2,1-6H3,(H,24,25,30)/p+1. The Morgan fingerprint density at radius 1 is 1.21 bits per heavy atom. The fourth-order valence-electron chi connectivity index (χ4n) is 4.21. The van der Waals surface area contributed by atoms with Gasteiger partial charge >= 0.3 is 0 Å². The van der Waals surface area contributed by atoms with Crippen LogP contribution in [0.25, 0.3) is 22.4 Å². The van der Waals surface area contributed by atoms with E-state index in [4.69, 9.17) is 9.72 Å². The summed E-state index contributed by atoms with van der Waals surface area (Å²) in [7, 11) is 0.0706. The first-order chi connectivity index (χ1) is 15.9. The third-order valence-electron chi connectivity index (χ3n) is 6.12. The van der Waals surface area contributed by atoms with E-state index >= 15 is 0 Å². The largest absolute Gasteiger partial charge is 0.493 e. The molecule has 34 heavy (non-hydrogen) atoms. The van der Waals surface area contributed by atoms with E-state index in [9.17, 15) is 13.2 Å². The van der Waals surface area contributed by atoms with Crippen molar-refractivity contribution < 1.29 is 18.1 Å². The van der Waals surface area contributed by atoms with E-state index in [-0.39, 0.29) is 21.7 Å². The van der Waals surface area contributed by atoms with Gasteiger partial charge in [0.1, 0.15) is 17.1 Å². The smallest absolute Gasteiger partial charge is 0.277 e. The number of hydrogen-bond acceptors (Lipinski definition) is 6. The second-order valence-corrected chi connectivity index (χ2v) is 11.7. The van der Waals surface area contributed by atoms with E-state index in [1.807, 2.05) is 27.7 Å². The number of fused-ring (bicyclic) bond motifs is 1. The number of quaternary nitrogens is 1. The van der Waals surface area contributed by atoms with Gasteiger partial charge in [-0.2, -0.15) is 9.40 Å². The molecule has 10 nitrogen and oxygen atoms in total. The first-order valence-electron chi connectivity index (χ1n) is 11.5. The molecule has 1 aliphatic rings. The van der Waals surface area contributed by atoms with Crippen LogP contribution in [0.4, 0.5) is 0 Å². The van der Waals surface area contributed by atoms with Gasteiger partial charge in [0.25, 0.3) is 5.56 Å². The topological polar surface area (TPSA) is 115 Å². The number of nitrogens with zero attached hydrogens (tertiary/aromatic N) is 4. The van der Waals surface area contributed by atoms with Gasteiger partial charge in [0.2, 0.25) is 10.0 Å². The van der Waals surface area contributed by atoms with Crippen LogP contribution in [-0.2, 0) is 22.5 Å². The number of ether oxygens (including phenoxy) is 1. The molecule has 3 aromatic rings. The van der Waals surface area contributed by atoms with Crippen molar-refractivity contribution in [3.63, 3.8) is 0 Å². The van der Waals surface area contributed by atoms with Crippen LogP contribution in [0.1, 0.15) is 33.4 Å². The van der Waals surface area contributed by atoms with E-state index < -0.39 is 10.0 Å². The minimum atomic E-state index is -3.70. The number of benzene rings is 1. The molecule has 0 atom stereocenters. The van der Waals surface area contributed by atoms with Crippen molar-refractivity contribution >= 4 is 21.1 Å². The summed E-state index contributed by atoms with van der Waals surface area (Å²) in [4.78, 5) is 22.1. The Morgan fingerprint density at radius 2 is 1.88 bits per heavy atom. The zero-order valence-electron chi connectivity index (χ0n) is 20.6. The predicted octanol–water partition coefficient (Wildman–Crippen LogP) is 0.539. The molecular weight excluding hydrogens is 456 g/mol. The lowest BCUT2D eigenvalue weighted by atomic mass is 9.91. The van der Waals surface area contributed by atoms with Crippen LogP contribution in [0.15, 0.2) is 27.9 Å². The lowest BCUT2D eigenvalue weighted by Crippen LogP contribution is -3.12. The molecule has 184 valence electrons. The summed E-state index contributed by atoms with van der Waals surface area (Å²) in [5, 5.41) is 4.54. The molecule has 4 rings (SSSR count). The quantitative estimate of drug-likeness (QED) is 0.541. The van der Waals surface area contributed by atoms with E-state index in [0.29, 0.717) is 47.7 Å². The summed E-state index contributed by atoms with van der Waals surface area (Å²) in [6.45, 7) is 10.7. The van der Waals surface area contributed by atoms with Crippen LogP contribution in [0.5, 0.6) is 5.75 Å². The highest BCUT2D eigenvalue weighted by Gasteiger charge is 2.31. The van der Waals surface area contributed by atoms with Crippen LogP contribution in [-0.4, -0.2) is 72.3 Å². The van der Waals surface area contributed by atoms with Crippen molar-refractivity contribution in [1.82, 2.24) is 24.1 Å². The lowest BCUT2D eigenvalue weighted by molar-refractivity contribution is -0.883. The van der Waals surface area contributed by atoms with Crippen LogP contribution in [0, 0.1) is 0 Å². The second-order valence-electron chi connectivity index (χ2n) is 9.79. The molecule has 3 heterocycles. The number of aromatic amines is 1. The van der Waals surface area contributed by atoms with Gasteiger partial charge in [-0.25, -0.2) is 13.4 Å². The van der Waals surface area contributed by atoms with E-state index in [1.54, 1.807) is 25.2 Å². The van der Waals surface area contributed by atoms with Gasteiger partial charge in [-0.3, -0.25) is 9.48 Å². The summed E-state index contributed by atoms with van der Waals surface area (Å²) in [5.41, 5.74) is 1.30. The number of piperazine rings is 1. The molecule has 0 amide bonds. The molecule has 2 aromatic heterocycles. The van der Waals surface area contributed by atoms with Crippen molar-refractivity contribution in [1.29, 1.82) is 0 Å². The van der Waals surface area contributed by atoms with Crippen molar-refractivity contribution in [2.24, 2.45) is 7.05 Å². The first-order valence-corrected chi connectivity index (χ1v) is 12.9. The summed E-state index contributed by atoms with van der Waals surface area (Å²) >= 11 is 0. The molecule has 0 unspecified atom stereocenters. The summed E-state index contributed by atoms with van der Waals surface area (Å²) in [6, 6.07) is 4.73. The average Bonchev–Trinajstić information content (AvgIpc) is 3.12. The number of nitrogens with one attached hydrogen (secondary N) is 2. The normalized spacial score (nSPS) is 16.3. The fourth-order valence-corrected chi connectivity index (χ4v) is 5.67. The number of sulfonamides is 1. The molecule has 1 aromatic carbocycles. The maximum atomic E-state index is 13.4. The minimum Gasteiger partial charge on any atom is -0.493 e. The molecule has 0 saturated carbocycles. The molecular formula is C23H33N6O4S+. The molecule has 0 spiro atoms. The number of H-pyrrole nitrogens is 1. The second kappa shape index (κ2) is 8.79. The Balaban J connectivity index is 1.89. The van der Waals surface area contributed by atoms with E-state index in [1.165, 1.54) is 13.9 Å². The molecule has 1 saturated heterocycles. The Morgan fingerprint density at radius 3 is 2.50 bits per heavy atom. The summed E-state index contributed by atoms with van der Waals surface area (Å²) in [5.74, 6) is 0.701. The third kappa shape index (κ3) is 4.35. The zero-order valence-corrected chi connectivity index (χ0v) is 21.4. The van der Waals surface area contributed by atoms with Gasteiger partial charge in [0, 0.05) is 12.5 Å². The highest BCUT2D eigenvalue weighted by Crippen LogP contribution is 2.33. The van der Waals surface area contributed by atoms with Crippen LogP contribution in [0.3, 0.4) is 0 Å². The SMILES string of the molecule is CCOc1ccc(S(=O)(=O)N2CC[NH+](C)CC2)cc1-c1nc2c(C(C)(C)C)nn(C)c2c(=O)[nH]1. The minimum absolute atomic E-state index is 0.149. The Bertz CT molecular complexity index is 1380. The summed E-state index contributed by atoms with van der Waals surface area (Å²) in [6.07, 6.45) is 0. The molecule has 0 radical (unpaired) electrons. The molecule has 11 heteroatoms. The van der Waals surface area contributed by atoms with Crippen molar-refractivity contribution in [3.8, 4) is 17.1 Å². The number of likely N-dealkylation sites (N-methyl/N-ethyl adjacent to an activating group) is 1. The van der Waals surface area contributed by atoms with Crippen LogP contribution < -0.4 is 15.2 Å². The summed E-state index contributed by atoms with van der Waals surface area (Å²) < 4.78 is 35.6. The maximum absolute atomic E-state index is 13.4. The average molecular weight is 490 g/mol. The van der Waals surface area contributed by atoms with Crippen molar-refractivity contribution in [2.45, 2.75) is 38.0 Å². The number of aryl methyl sites for hydroxylation is 1. The van der Waals surface area contributed by atoms with E-state index in [2.05, 4.69) is 17.1 Å². The third-order valence-corrected chi connectivity index (χ3v) is 8.02. The van der Waals surface area contributed by atoms with Gasteiger partial charge in [0.15, 0.2) is 5.52 Å². The monoisotopic (exact) mass is 489 g/mol. The fraction of sp³-hybridized carbons (Fsp3) is 0.522. The van der Waals surface area contributed by atoms with Gasteiger partial charge in [-0.1, -0.05) is 20.8 Å². The van der Waals surface area contributed by atoms with Crippen molar-refractivity contribution in [3.05, 3.63) is 34.2 Å². The highest BCUT2D eigenvalue weighted by atomic mass is 32.2. The lowest BCUT2D eigenvalue weighted by Gasteiger charge is -2.29. The molecule has 2 N–H and O–H groups in total. The van der Waals surface area contributed by atoms with Gasteiger partial charge in [-0.05, 0) is 25.1 Å². The first kappa shape index (κ1) is 24.4. The van der Waals surface area contributed by atoms with Gasteiger partial charge in [0.05, 0.1) is 56.0 Å². The number of rotatable bonds is 5. The van der Waals surface area contributed by atoms with Crippen molar-refractivity contribution in [2.75, 3.05) is 39.8 Å². The molecule has 0 bridgehead atoms.